The number of anilines is 1. The van der Waals surface area contributed by atoms with Crippen LogP contribution < -0.4 is 9.62 Å². The van der Waals surface area contributed by atoms with E-state index in [2.05, 4.69) is 5.32 Å². The number of nitrogens with zero attached hydrogens (tertiary/aromatic N) is 1. The Balaban J connectivity index is 1.89. The molecule has 2 aromatic rings. The second kappa shape index (κ2) is 9.33. The molecule has 0 aliphatic heterocycles. The molecule has 0 aromatic heterocycles. The molecule has 0 fully saturated rings. The molecule has 1 N–H and O–H groups in total. The van der Waals surface area contributed by atoms with Crippen molar-refractivity contribution in [3.63, 3.8) is 0 Å². The van der Waals surface area contributed by atoms with Crippen molar-refractivity contribution in [1.29, 1.82) is 0 Å². The third kappa shape index (κ3) is 6.15. The maximum Gasteiger partial charge on any atom is 0.328 e. The summed E-state index contributed by atoms with van der Waals surface area (Å²) < 4.78 is 29.1. The Bertz CT molecular complexity index is 987. The maximum absolute atomic E-state index is 12.2. The molecule has 0 spiro atoms. The van der Waals surface area contributed by atoms with Gasteiger partial charge < -0.3 is 10.1 Å². The Morgan fingerprint density at radius 3 is 2.14 bits per heavy atom. The lowest BCUT2D eigenvalue weighted by atomic mass is 10.1. The molecular weight excluding hydrogens is 396 g/mol. The Hall–Kier alpha value is -3.20. The van der Waals surface area contributed by atoms with Gasteiger partial charge in [0.05, 0.1) is 11.9 Å². The molecular formula is C20H22N2O6S. The lowest BCUT2D eigenvalue weighted by Crippen LogP contribution is -2.40. The van der Waals surface area contributed by atoms with Gasteiger partial charge in [-0.25, -0.2) is 13.2 Å². The average Bonchev–Trinajstić information content (AvgIpc) is 2.71. The molecule has 154 valence electrons. The van der Waals surface area contributed by atoms with Gasteiger partial charge in [0.25, 0.3) is 5.91 Å². The fourth-order valence-corrected chi connectivity index (χ4v) is 2.83. The van der Waals surface area contributed by atoms with E-state index in [9.17, 15) is 22.8 Å². The zero-order valence-electron chi connectivity index (χ0n) is 16.3. The van der Waals surface area contributed by atoms with Crippen LogP contribution in [0.2, 0.25) is 0 Å². The van der Waals surface area contributed by atoms with Crippen molar-refractivity contribution in [2.45, 2.75) is 13.0 Å². The number of Topliss-reactive ketones (excluding diaryl/α,β-unsaturated/α-hetero) is 1. The van der Waals surface area contributed by atoms with Crippen molar-refractivity contribution in [3.8, 4) is 0 Å². The molecule has 2 aromatic carbocycles. The van der Waals surface area contributed by atoms with Gasteiger partial charge in [-0.15, -0.1) is 0 Å². The topological polar surface area (TPSA) is 110 Å². The minimum Gasteiger partial charge on any atom is -0.456 e. The monoisotopic (exact) mass is 418 g/mol. The number of esters is 1. The van der Waals surface area contributed by atoms with Crippen molar-refractivity contribution in [2.24, 2.45) is 0 Å². The maximum atomic E-state index is 12.2. The number of hydrogen-bond acceptors (Lipinski definition) is 6. The summed E-state index contributed by atoms with van der Waals surface area (Å²) in [6, 6.07) is 13.3. The van der Waals surface area contributed by atoms with Crippen molar-refractivity contribution in [1.82, 2.24) is 5.32 Å². The second-order valence-electron chi connectivity index (χ2n) is 6.37. The van der Waals surface area contributed by atoms with Gasteiger partial charge in [0.15, 0.2) is 12.4 Å². The number of ketones is 1. The highest BCUT2D eigenvalue weighted by Crippen LogP contribution is 2.16. The van der Waals surface area contributed by atoms with Crippen molar-refractivity contribution in [3.05, 3.63) is 65.7 Å². The van der Waals surface area contributed by atoms with Crippen LogP contribution >= 0.6 is 0 Å². The van der Waals surface area contributed by atoms with Gasteiger partial charge in [-0.1, -0.05) is 18.2 Å². The minimum absolute atomic E-state index is 0.268. The highest BCUT2D eigenvalue weighted by Gasteiger charge is 2.19. The van der Waals surface area contributed by atoms with Crippen molar-refractivity contribution in [2.75, 3.05) is 24.2 Å². The van der Waals surface area contributed by atoms with Crippen LogP contribution in [-0.4, -0.2) is 52.0 Å². The van der Waals surface area contributed by atoms with Crippen molar-refractivity contribution >= 4 is 33.4 Å². The van der Waals surface area contributed by atoms with Crippen LogP contribution in [0.3, 0.4) is 0 Å². The summed E-state index contributed by atoms with van der Waals surface area (Å²) >= 11 is 0. The molecule has 0 aliphatic carbocycles. The molecule has 8 nitrogen and oxygen atoms in total. The summed E-state index contributed by atoms with van der Waals surface area (Å²) in [7, 11) is -2.00. The van der Waals surface area contributed by atoms with Gasteiger partial charge in [-0.2, -0.15) is 0 Å². The first-order valence-electron chi connectivity index (χ1n) is 8.69. The van der Waals surface area contributed by atoms with E-state index in [1.807, 2.05) is 0 Å². The number of carbonyl (C=O) groups is 3. The average molecular weight is 418 g/mol. The summed E-state index contributed by atoms with van der Waals surface area (Å²) in [5.74, 6) is -1.61. The van der Waals surface area contributed by atoms with Crippen LogP contribution in [0, 0.1) is 0 Å². The fraction of sp³-hybridized carbons (Fsp3) is 0.250. The first-order valence-corrected chi connectivity index (χ1v) is 10.5. The van der Waals surface area contributed by atoms with Crippen LogP contribution in [-0.2, 0) is 19.6 Å². The zero-order valence-corrected chi connectivity index (χ0v) is 17.1. The normalized spacial score (nSPS) is 12.0. The predicted octanol–water partition coefficient (Wildman–Crippen LogP) is 1.63. The van der Waals surface area contributed by atoms with E-state index < -0.39 is 40.3 Å². The molecule has 1 amide bonds. The molecule has 0 bridgehead atoms. The molecule has 9 heteroatoms. The number of carbonyl (C=O) groups excluding carboxylic acids is 3. The molecule has 0 saturated carbocycles. The van der Waals surface area contributed by atoms with Gasteiger partial charge in [0.2, 0.25) is 10.0 Å². The number of benzene rings is 2. The highest BCUT2D eigenvalue weighted by atomic mass is 32.2. The number of hydrogen-bond donors (Lipinski definition) is 1. The Kier molecular flexibility index (Phi) is 7.11. The quantitative estimate of drug-likeness (QED) is 0.515. The minimum atomic E-state index is -3.41. The SMILES string of the molecule is C[C@H](NC(=O)c1ccccc1)C(=O)OCC(=O)c1ccc(N(C)S(C)(=O)=O)cc1. The number of sulfonamides is 1. The Morgan fingerprint density at radius 2 is 1.59 bits per heavy atom. The summed E-state index contributed by atoms with van der Waals surface area (Å²) in [4.78, 5) is 36.3. The van der Waals surface area contributed by atoms with E-state index in [0.717, 1.165) is 10.6 Å². The summed E-state index contributed by atoms with van der Waals surface area (Å²) in [5.41, 5.74) is 1.07. The lowest BCUT2D eigenvalue weighted by molar-refractivity contribution is -0.144. The zero-order chi connectivity index (χ0) is 21.6. The smallest absolute Gasteiger partial charge is 0.328 e. The third-order valence-corrected chi connectivity index (χ3v) is 5.34. The number of nitrogens with one attached hydrogen (secondary N) is 1. The third-order valence-electron chi connectivity index (χ3n) is 4.13. The second-order valence-corrected chi connectivity index (χ2v) is 8.38. The Morgan fingerprint density at radius 1 is 1.00 bits per heavy atom. The molecule has 0 saturated heterocycles. The number of rotatable bonds is 8. The molecule has 0 heterocycles. The van der Waals surface area contributed by atoms with Gasteiger partial charge in [-0.05, 0) is 43.3 Å². The fourth-order valence-electron chi connectivity index (χ4n) is 2.32. The van der Waals surface area contributed by atoms with Crippen LogP contribution in [0.15, 0.2) is 54.6 Å². The van der Waals surface area contributed by atoms with Gasteiger partial charge in [0, 0.05) is 18.2 Å². The Labute approximate surface area is 169 Å². The summed E-state index contributed by atoms with van der Waals surface area (Å²) in [5, 5.41) is 2.51. The van der Waals surface area contributed by atoms with E-state index in [-0.39, 0.29) is 5.56 Å². The van der Waals surface area contributed by atoms with E-state index in [1.165, 1.54) is 38.2 Å². The highest BCUT2D eigenvalue weighted by molar-refractivity contribution is 7.92. The number of ether oxygens (including phenoxy) is 1. The molecule has 0 unspecified atom stereocenters. The largest absolute Gasteiger partial charge is 0.456 e. The van der Waals surface area contributed by atoms with E-state index >= 15 is 0 Å². The molecule has 2 rings (SSSR count). The lowest BCUT2D eigenvalue weighted by Gasteiger charge is -2.16. The predicted molar refractivity (Wildman–Crippen MR) is 108 cm³/mol. The summed E-state index contributed by atoms with van der Waals surface area (Å²) in [6.45, 7) is 0.967. The van der Waals surface area contributed by atoms with Crippen LogP contribution in [0.1, 0.15) is 27.6 Å². The molecule has 0 aliphatic rings. The number of amides is 1. The molecule has 0 radical (unpaired) electrons. The van der Waals surface area contributed by atoms with Crippen LogP contribution in [0.25, 0.3) is 0 Å². The van der Waals surface area contributed by atoms with Crippen LogP contribution in [0.4, 0.5) is 5.69 Å². The van der Waals surface area contributed by atoms with E-state index in [4.69, 9.17) is 4.74 Å². The standard InChI is InChI=1S/C20H22N2O6S/c1-14(21-19(24)16-7-5-4-6-8-16)20(25)28-13-18(23)15-9-11-17(12-10-15)22(2)29(3,26)27/h4-12,14H,13H2,1-3H3,(H,21,24)/t14-/m0/s1. The van der Waals surface area contributed by atoms with E-state index in [1.54, 1.807) is 30.3 Å². The first-order chi connectivity index (χ1) is 13.6. The van der Waals surface area contributed by atoms with Gasteiger partial charge >= 0.3 is 5.97 Å². The van der Waals surface area contributed by atoms with Crippen LogP contribution in [0.5, 0.6) is 0 Å². The first kappa shape index (κ1) is 22.1. The molecule has 1 atom stereocenters. The van der Waals surface area contributed by atoms with Gasteiger partial charge in [0.1, 0.15) is 6.04 Å². The van der Waals surface area contributed by atoms with Crippen molar-refractivity contribution < 1.29 is 27.5 Å². The summed E-state index contributed by atoms with van der Waals surface area (Å²) in [6.07, 6.45) is 1.07. The van der Waals surface area contributed by atoms with E-state index in [0.29, 0.717) is 11.3 Å². The van der Waals surface area contributed by atoms with Gasteiger partial charge in [-0.3, -0.25) is 13.9 Å². The molecule has 29 heavy (non-hydrogen) atoms.